The van der Waals surface area contributed by atoms with Crippen LogP contribution in [0, 0.1) is 5.92 Å². The molecule has 5 heteroatoms. The largest absolute Gasteiger partial charge is 0.472 e. The summed E-state index contributed by atoms with van der Waals surface area (Å²) in [6.07, 6.45) is 6.34. The summed E-state index contributed by atoms with van der Waals surface area (Å²) in [5.41, 5.74) is 1.08. The SMILES string of the molecule is CN=C(NCc1ccoc1)NCC1CCCC1O. The van der Waals surface area contributed by atoms with Crippen LogP contribution in [0.5, 0.6) is 0 Å². The lowest BCUT2D eigenvalue weighted by Crippen LogP contribution is -2.40. The number of guanidine groups is 1. The Bertz CT molecular complexity index is 376. The first kappa shape index (κ1) is 13.0. The molecule has 100 valence electrons. The second-order valence-electron chi connectivity index (χ2n) is 4.70. The Kier molecular flexibility index (Phi) is 4.64. The van der Waals surface area contributed by atoms with Crippen molar-refractivity contribution in [1.82, 2.24) is 10.6 Å². The number of aliphatic hydroxyl groups is 1. The van der Waals surface area contributed by atoms with Crippen LogP contribution >= 0.6 is 0 Å². The standard InChI is InChI=1S/C13H21N3O2/c1-14-13(15-7-10-5-6-18-9-10)16-8-11-3-2-4-12(11)17/h5-6,9,11-12,17H,2-4,7-8H2,1H3,(H2,14,15,16). The Morgan fingerprint density at radius 1 is 1.50 bits per heavy atom. The van der Waals surface area contributed by atoms with Gasteiger partial charge in [-0.2, -0.15) is 0 Å². The third kappa shape index (κ3) is 3.50. The predicted octanol–water partition coefficient (Wildman–Crippen LogP) is 1.11. The minimum atomic E-state index is -0.163. The molecule has 5 nitrogen and oxygen atoms in total. The maximum atomic E-state index is 9.74. The number of aliphatic imine (C=N–C) groups is 1. The second kappa shape index (κ2) is 6.44. The fraction of sp³-hybridized carbons (Fsp3) is 0.615. The summed E-state index contributed by atoms with van der Waals surface area (Å²) in [6.45, 7) is 1.45. The molecular formula is C13H21N3O2. The maximum absolute atomic E-state index is 9.74. The summed E-state index contributed by atoms with van der Waals surface area (Å²) >= 11 is 0. The number of nitrogens with zero attached hydrogens (tertiary/aromatic N) is 1. The topological polar surface area (TPSA) is 69.8 Å². The van der Waals surface area contributed by atoms with Crippen LogP contribution in [0.1, 0.15) is 24.8 Å². The van der Waals surface area contributed by atoms with E-state index in [4.69, 9.17) is 4.42 Å². The summed E-state index contributed by atoms with van der Waals surface area (Å²) < 4.78 is 5.00. The number of furan rings is 1. The van der Waals surface area contributed by atoms with E-state index < -0.39 is 0 Å². The molecule has 0 spiro atoms. The normalized spacial score (nSPS) is 24.2. The van der Waals surface area contributed by atoms with Gasteiger partial charge in [-0.15, -0.1) is 0 Å². The summed E-state index contributed by atoms with van der Waals surface area (Å²) in [5.74, 6) is 1.10. The second-order valence-corrected chi connectivity index (χ2v) is 4.70. The predicted molar refractivity (Wildman–Crippen MR) is 70.3 cm³/mol. The van der Waals surface area contributed by atoms with Crippen LogP contribution in [-0.2, 0) is 6.54 Å². The summed E-state index contributed by atoms with van der Waals surface area (Å²) in [7, 11) is 1.75. The van der Waals surface area contributed by atoms with Gasteiger partial charge >= 0.3 is 0 Å². The molecular weight excluding hydrogens is 230 g/mol. The molecule has 0 saturated heterocycles. The molecule has 1 fully saturated rings. The number of nitrogens with one attached hydrogen (secondary N) is 2. The highest BCUT2D eigenvalue weighted by Gasteiger charge is 2.24. The van der Waals surface area contributed by atoms with Crippen LogP contribution in [-0.4, -0.2) is 30.8 Å². The molecule has 1 aromatic rings. The Morgan fingerprint density at radius 3 is 3.00 bits per heavy atom. The maximum Gasteiger partial charge on any atom is 0.191 e. The molecule has 1 heterocycles. The van der Waals surface area contributed by atoms with E-state index in [1.807, 2.05) is 6.07 Å². The smallest absolute Gasteiger partial charge is 0.191 e. The molecule has 18 heavy (non-hydrogen) atoms. The first-order valence-electron chi connectivity index (χ1n) is 6.43. The van der Waals surface area contributed by atoms with Gasteiger partial charge in [0.25, 0.3) is 0 Å². The van der Waals surface area contributed by atoms with E-state index in [-0.39, 0.29) is 6.10 Å². The Hall–Kier alpha value is -1.49. The fourth-order valence-electron chi connectivity index (χ4n) is 2.28. The monoisotopic (exact) mass is 251 g/mol. The van der Waals surface area contributed by atoms with Gasteiger partial charge in [0.2, 0.25) is 0 Å². The number of hydrogen-bond acceptors (Lipinski definition) is 3. The fourth-order valence-corrected chi connectivity index (χ4v) is 2.28. The molecule has 1 aliphatic rings. The highest BCUT2D eigenvalue weighted by molar-refractivity contribution is 5.79. The first-order valence-corrected chi connectivity index (χ1v) is 6.43. The van der Waals surface area contributed by atoms with E-state index in [0.717, 1.165) is 37.3 Å². The molecule has 0 aromatic carbocycles. The van der Waals surface area contributed by atoms with E-state index in [0.29, 0.717) is 12.5 Å². The molecule has 1 saturated carbocycles. The van der Waals surface area contributed by atoms with Crippen LogP contribution < -0.4 is 10.6 Å². The van der Waals surface area contributed by atoms with E-state index in [9.17, 15) is 5.11 Å². The average Bonchev–Trinajstić information content (AvgIpc) is 3.01. The van der Waals surface area contributed by atoms with Crippen LogP contribution in [0.15, 0.2) is 28.0 Å². The third-order valence-corrected chi connectivity index (χ3v) is 3.41. The number of hydrogen-bond donors (Lipinski definition) is 3. The van der Waals surface area contributed by atoms with Crippen LogP contribution in [0.25, 0.3) is 0 Å². The lowest BCUT2D eigenvalue weighted by atomic mass is 10.1. The van der Waals surface area contributed by atoms with Gasteiger partial charge in [-0.25, -0.2) is 0 Å². The lowest BCUT2D eigenvalue weighted by molar-refractivity contribution is 0.134. The molecule has 0 bridgehead atoms. The van der Waals surface area contributed by atoms with Crippen molar-refractivity contribution in [3.63, 3.8) is 0 Å². The van der Waals surface area contributed by atoms with Gasteiger partial charge in [-0.1, -0.05) is 6.42 Å². The van der Waals surface area contributed by atoms with Crippen molar-refractivity contribution in [3.05, 3.63) is 24.2 Å². The van der Waals surface area contributed by atoms with Gasteiger partial charge in [0, 0.05) is 31.6 Å². The van der Waals surface area contributed by atoms with Crippen molar-refractivity contribution < 1.29 is 9.52 Å². The number of aliphatic hydroxyl groups excluding tert-OH is 1. The van der Waals surface area contributed by atoms with Crippen LogP contribution in [0.4, 0.5) is 0 Å². The summed E-state index contributed by atoms with van der Waals surface area (Å²) in [4.78, 5) is 4.16. The van der Waals surface area contributed by atoms with E-state index >= 15 is 0 Å². The molecule has 0 amide bonds. The van der Waals surface area contributed by atoms with Gasteiger partial charge in [0.15, 0.2) is 5.96 Å². The van der Waals surface area contributed by atoms with Crippen molar-refractivity contribution in [2.75, 3.05) is 13.6 Å². The Balaban J connectivity index is 1.72. The zero-order valence-electron chi connectivity index (χ0n) is 10.7. The lowest BCUT2D eigenvalue weighted by Gasteiger charge is -2.17. The minimum absolute atomic E-state index is 0.163. The zero-order chi connectivity index (χ0) is 12.8. The van der Waals surface area contributed by atoms with Crippen molar-refractivity contribution in [3.8, 4) is 0 Å². The van der Waals surface area contributed by atoms with Crippen molar-refractivity contribution in [2.24, 2.45) is 10.9 Å². The van der Waals surface area contributed by atoms with Crippen LogP contribution in [0.2, 0.25) is 0 Å². The van der Waals surface area contributed by atoms with Gasteiger partial charge in [-0.3, -0.25) is 4.99 Å². The summed E-state index contributed by atoms with van der Waals surface area (Å²) in [5, 5.41) is 16.2. The summed E-state index contributed by atoms with van der Waals surface area (Å²) in [6, 6.07) is 1.92. The highest BCUT2D eigenvalue weighted by Crippen LogP contribution is 2.24. The van der Waals surface area contributed by atoms with E-state index in [2.05, 4.69) is 15.6 Å². The minimum Gasteiger partial charge on any atom is -0.472 e. The van der Waals surface area contributed by atoms with Crippen LogP contribution in [0.3, 0.4) is 0 Å². The zero-order valence-corrected chi connectivity index (χ0v) is 10.7. The first-order chi connectivity index (χ1) is 8.79. The molecule has 2 unspecified atom stereocenters. The number of rotatable bonds is 4. The molecule has 2 rings (SSSR count). The van der Waals surface area contributed by atoms with E-state index in [1.165, 1.54) is 0 Å². The van der Waals surface area contributed by atoms with Crippen molar-refractivity contribution in [2.45, 2.75) is 31.9 Å². The van der Waals surface area contributed by atoms with Crippen molar-refractivity contribution in [1.29, 1.82) is 0 Å². The average molecular weight is 251 g/mol. The quantitative estimate of drug-likeness (QED) is 0.554. The van der Waals surface area contributed by atoms with Gasteiger partial charge in [0.1, 0.15) is 0 Å². The van der Waals surface area contributed by atoms with Crippen molar-refractivity contribution >= 4 is 5.96 Å². The molecule has 0 radical (unpaired) electrons. The Morgan fingerprint density at radius 2 is 2.39 bits per heavy atom. The molecule has 1 aromatic heterocycles. The van der Waals surface area contributed by atoms with Gasteiger partial charge in [0.05, 0.1) is 18.6 Å². The van der Waals surface area contributed by atoms with Gasteiger partial charge < -0.3 is 20.2 Å². The highest BCUT2D eigenvalue weighted by atomic mass is 16.3. The third-order valence-electron chi connectivity index (χ3n) is 3.41. The van der Waals surface area contributed by atoms with E-state index in [1.54, 1.807) is 19.6 Å². The van der Waals surface area contributed by atoms with Gasteiger partial charge in [-0.05, 0) is 18.9 Å². The molecule has 3 N–H and O–H groups in total. The Labute approximate surface area is 107 Å². The molecule has 1 aliphatic carbocycles. The molecule has 0 aliphatic heterocycles. The molecule has 2 atom stereocenters.